The number of anilines is 3. The van der Waals surface area contributed by atoms with Crippen LogP contribution in [0.4, 0.5) is 17.1 Å². The summed E-state index contributed by atoms with van der Waals surface area (Å²) in [6.45, 7) is 0. The molecule has 2 aromatic heterocycles. The molecule has 2 heterocycles. The van der Waals surface area contributed by atoms with Crippen LogP contribution < -0.4 is 4.90 Å². The van der Waals surface area contributed by atoms with Crippen molar-refractivity contribution < 1.29 is 4.42 Å². The third-order valence-electron chi connectivity index (χ3n) is 13.5. The monoisotopic (exact) mass is 880 g/mol. The quantitative estimate of drug-likeness (QED) is 0.144. The number of benzene rings is 11. The van der Waals surface area contributed by atoms with Gasteiger partial charge in [-0.2, -0.15) is 0 Å². The van der Waals surface area contributed by atoms with Gasteiger partial charge in [-0.05, 0) is 165 Å². The van der Waals surface area contributed by atoms with E-state index >= 15 is 0 Å². The van der Waals surface area contributed by atoms with Crippen LogP contribution in [0.2, 0.25) is 0 Å². The van der Waals surface area contributed by atoms with Gasteiger partial charge in [0, 0.05) is 44.3 Å². The number of para-hydroxylation sites is 4. The minimum atomic E-state index is 0.890. The van der Waals surface area contributed by atoms with Crippen LogP contribution in [0.5, 0.6) is 0 Å². The third kappa shape index (κ3) is 7.34. The number of rotatable bonds is 9. The molecular weight excluding hydrogens is 837 g/mol. The van der Waals surface area contributed by atoms with Crippen molar-refractivity contribution in [3.63, 3.8) is 0 Å². The van der Waals surface area contributed by atoms with E-state index in [0.717, 1.165) is 89.2 Å². The predicted octanol–water partition coefficient (Wildman–Crippen LogP) is 18.5. The molecule has 3 heteroatoms. The van der Waals surface area contributed by atoms with Gasteiger partial charge in [0.05, 0.1) is 11.0 Å². The van der Waals surface area contributed by atoms with E-state index in [1.807, 2.05) is 12.1 Å². The van der Waals surface area contributed by atoms with E-state index in [0.29, 0.717) is 0 Å². The average Bonchev–Trinajstić information content (AvgIpc) is 3.97. The van der Waals surface area contributed by atoms with Crippen LogP contribution >= 0.6 is 0 Å². The Morgan fingerprint density at radius 3 is 1.43 bits per heavy atom. The molecule has 0 amide bonds. The lowest BCUT2D eigenvalue weighted by molar-refractivity contribution is 0.669. The molecule has 0 atom stereocenters. The largest absolute Gasteiger partial charge is 0.456 e. The Morgan fingerprint density at radius 2 is 0.696 bits per heavy atom. The van der Waals surface area contributed by atoms with Crippen molar-refractivity contribution in [2.24, 2.45) is 0 Å². The summed E-state index contributed by atoms with van der Waals surface area (Å²) in [5.74, 6) is 0. The Labute approximate surface area is 401 Å². The molecule has 0 saturated carbocycles. The van der Waals surface area contributed by atoms with Gasteiger partial charge in [0.15, 0.2) is 0 Å². The number of fused-ring (bicyclic) bond motifs is 6. The van der Waals surface area contributed by atoms with Gasteiger partial charge in [0.1, 0.15) is 11.2 Å². The highest BCUT2D eigenvalue weighted by Gasteiger charge is 2.17. The highest BCUT2D eigenvalue weighted by Crippen LogP contribution is 2.42. The lowest BCUT2D eigenvalue weighted by Crippen LogP contribution is -2.09. The zero-order valence-electron chi connectivity index (χ0n) is 37.7. The molecule has 0 fully saturated rings. The van der Waals surface area contributed by atoms with Crippen LogP contribution in [0.25, 0.3) is 105 Å². The fourth-order valence-electron chi connectivity index (χ4n) is 10.2. The molecule has 13 aromatic rings. The second kappa shape index (κ2) is 16.9. The van der Waals surface area contributed by atoms with E-state index in [2.05, 4.69) is 264 Å². The molecule has 0 aliphatic rings. The van der Waals surface area contributed by atoms with Crippen LogP contribution in [-0.2, 0) is 0 Å². The highest BCUT2D eigenvalue weighted by molar-refractivity contribution is 6.11. The number of furan rings is 1. The topological polar surface area (TPSA) is 21.3 Å². The first-order chi connectivity index (χ1) is 34.2. The smallest absolute Gasteiger partial charge is 0.135 e. The Hall–Kier alpha value is -9.18. The van der Waals surface area contributed by atoms with Gasteiger partial charge in [-0.1, -0.05) is 158 Å². The molecule has 0 bridgehead atoms. The van der Waals surface area contributed by atoms with Crippen molar-refractivity contribution in [3.05, 3.63) is 267 Å². The lowest BCUT2D eigenvalue weighted by atomic mass is 9.91. The molecule has 0 aliphatic heterocycles. The fourth-order valence-corrected chi connectivity index (χ4v) is 10.2. The van der Waals surface area contributed by atoms with E-state index in [1.54, 1.807) is 0 Å². The molecule has 11 aromatic carbocycles. The van der Waals surface area contributed by atoms with Crippen molar-refractivity contribution in [3.8, 4) is 61.3 Å². The van der Waals surface area contributed by atoms with E-state index in [4.69, 9.17) is 4.42 Å². The summed E-state index contributed by atoms with van der Waals surface area (Å²) < 4.78 is 8.66. The molecule has 0 radical (unpaired) electrons. The van der Waals surface area contributed by atoms with Crippen molar-refractivity contribution in [1.82, 2.24) is 4.57 Å². The van der Waals surface area contributed by atoms with Gasteiger partial charge in [0.2, 0.25) is 0 Å². The summed E-state index contributed by atoms with van der Waals surface area (Å²) in [6.07, 6.45) is 0. The Bertz CT molecular complexity index is 4000. The molecule has 0 unspecified atom stereocenters. The molecule has 0 N–H and O–H groups in total. The van der Waals surface area contributed by atoms with Crippen molar-refractivity contribution in [2.75, 3.05) is 4.90 Å². The first kappa shape index (κ1) is 40.1. The molecule has 3 nitrogen and oxygen atoms in total. The Kier molecular flexibility index (Phi) is 9.84. The summed E-state index contributed by atoms with van der Waals surface area (Å²) in [5, 5.41) is 4.69. The zero-order chi connectivity index (χ0) is 45.7. The van der Waals surface area contributed by atoms with Gasteiger partial charge in [-0.15, -0.1) is 0 Å². The van der Waals surface area contributed by atoms with Crippen LogP contribution in [0, 0.1) is 0 Å². The summed E-state index contributed by atoms with van der Waals surface area (Å²) in [5.41, 5.74) is 20.2. The van der Waals surface area contributed by atoms with Gasteiger partial charge in [-0.25, -0.2) is 0 Å². The molecule has 0 saturated heterocycles. The minimum Gasteiger partial charge on any atom is -0.456 e. The van der Waals surface area contributed by atoms with Crippen molar-refractivity contribution >= 4 is 60.8 Å². The van der Waals surface area contributed by atoms with E-state index in [1.165, 1.54) is 32.9 Å². The van der Waals surface area contributed by atoms with Crippen LogP contribution in [0.1, 0.15) is 0 Å². The highest BCUT2D eigenvalue weighted by atomic mass is 16.3. The Morgan fingerprint density at radius 1 is 0.246 bits per heavy atom. The summed E-state index contributed by atoms with van der Waals surface area (Å²) in [6, 6.07) is 96.3. The number of aromatic nitrogens is 1. The summed E-state index contributed by atoms with van der Waals surface area (Å²) in [4.78, 5) is 2.34. The molecule has 324 valence electrons. The van der Waals surface area contributed by atoms with Crippen LogP contribution in [0.3, 0.4) is 0 Å². The van der Waals surface area contributed by atoms with Gasteiger partial charge < -0.3 is 13.9 Å². The number of hydrogen-bond donors (Lipinski definition) is 0. The molecular formula is C66H44N2O. The second-order valence-corrected chi connectivity index (χ2v) is 17.7. The minimum absolute atomic E-state index is 0.890. The standard InChI is InChI=1S/C66H44N2O/c1-4-16-45(17-5-1)46-30-34-57(35-31-46)67(55-21-6-2-7-22-55)58-25-15-20-49(42-58)47-18-14-19-48(38-47)52-39-53(41-54(40-52)51-33-37-66-62(44-51)60-27-11-13-29-65(60)69-66)50-32-36-64-61(43-50)59-26-10-12-28-63(59)68(64)56-23-8-3-9-24-56/h1-44H. The van der Waals surface area contributed by atoms with Crippen LogP contribution in [-0.4, -0.2) is 4.57 Å². The third-order valence-corrected chi connectivity index (χ3v) is 13.5. The van der Waals surface area contributed by atoms with Crippen LogP contribution in [0.15, 0.2) is 271 Å². The van der Waals surface area contributed by atoms with Crippen molar-refractivity contribution in [2.45, 2.75) is 0 Å². The van der Waals surface area contributed by atoms with Crippen molar-refractivity contribution in [1.29, 1.82) is 0 Å². The SMILES string of the molecule is c1ccc(-c2ccc(N(c3ccccc3)c3cccc(-c4cccc(-c5cc(-c6ccc7oc8ccccc8c7c6)cc(-c6ccc7c(c6)c6ccccc6n7-c6ccccc6)c5)c4)c3)cc2)cc1. The average molecular weight is 881 g/mol. The first-order valence-corrected chi connectivity index (χ1v) is 23.6. The second-order valence-electron chi connectivity index (χ2n) is 17.7. The Balaban J connectivity index is 0.934. The van der Waals surface area contributed by atoms with E-state index in [9.17, 15) is 0 Å². The summed E-state index contributed by atoms with van der Waals surface area (Å²) >= 11 is 0. The normalized spacial score (nSPS) is 11.5. The molecule has 13 rings (SSSR count). The maximum Gasteiger partial charge on any atom is 0.135 e. The molecule has 69 heavy (non-hydrogen) atoms. The fraction of sp³-hybridized carbons (Fsp3) is 0. The summed E-state index contributed by atoms with van der Waals surface area (Å²) in [7, 11) is 0. The first-order valence-electron chi connectivity index (χ1n) is 23.6. The van der Waals surface area contributed by atoms with E-state index in [-0.39, 0.29) is 0 Å². The maximum atomic E-state index is 6.28. The lowest BCUT2D eigenvalue weighted by Gasteiger charge is -2.26. The molecule has 0 aliphatic carbocycles. The maximum absolute atomic E-state index is 6.28. The van der Waals surface area contributed by atoms with E-state index < -0.39 is 0 Å². The number of hydrogen-bond acceptors (Lipinski definition) is 2. The van der Waals surface area contributed by atoms with Gasteiger partial charge in [0.25, 0.3) is 0 Å². The predicted molar refractivity (Wildman–Crippen MR) is 290 cm³/mol. The zero-order valence-corrected chi connectivity index (χ0v) is 37.7. The van der Waals surface area contributed by atoms with Gasteiger partial charge >= 0.3 is 0 Å². The van der Waals surface area contributed by atoms with Gasteiger partial charge in [-0.3, -0.25) is 0 Å². The molecule has 0 spiro atoms. The number of nitrogens with zero attached hydrogens (tertiary/aromatic N) is 2.